The lowest BCUT2D eigenvalue weighted by atomic mass is 9.96. The fourth-order valence-electron chi connectivity index (χ4n) is 4.41. The van der Waals surface area contributed by atoms with E-state index in [-0.39, 0.29) is 11.4 Å². The summed E-state index contributed by atoms with van der Waals surface area (Å²) in [5.41, 5.74) is 1.58. The number of aromatic nitrogens is 2. The zero-order valence-corrected chi connectivity index (χ0v) is 18.4. The molecule has 6 heteroatoms. The van der Waals surface area contributed by atoms with Crippen LogP contribution in [0.25, 0.3) is 22.0 Å². The number of halogens is 2. The number of aryl methyl sites for hydroxylation is 1. The number of rotatable bonds is 4. The molecule has 3 aromatic rings. The van der Waals surface area contributed by atoms with Gasteiger partial charge in [0, 0.05) is 29.7 Å². The van der Waals surface area contributed by atoms with Gasteiger partial charge in [-0.1, -0.05) is 17.7 Å². The molecule has 2 aromatic carbocycles. The second kappa shape index (κ2) is 8.48. The average Bonchev–Trinajstić information content (AvgIpc) is 2.73. The Morgan fingerprint density at radius 1 is 1.23 bits per heavy atom. The number of likely N-dealkylation sites (tertiary alicyclic amines) is 1. The van der Waals surface area contributed by atoms with Crippen LogP contribution in [0.1, 0.15) is 32.5 Å². The highest BCUT2D eigenvalue weighted by molar-refractivity contribution is 6.30. The van der Waals surface area contributed by atoms with Crippen molar-refractivity contribution in [3.63, 3.8) is 0 Å². The Balaban J connectivity index is 1.73. The van der Waals surface area contributed by atoms with Gasteiger partial charge in [0.05, 0.1) is 10.9 Å². The Kier molecular flexibility index (Phi) is 5.94. The minimum atomic E-state index is -0.366. The van der Waals surface area contributed by atoms with Crippen molar-refractivity contribution in [3.8, 4) is 11.1 Å². The van der Waals surface area contributed by atoms with E-state index in [1.165, 1.54) is 12.1 Å². The first-order chi connectivity index (χ1) is 14.3. The van der Waals surface area contributed by atoms with Crippen LogP contribution in [0.15, 0.2) is 41.2 Å². The first-order valence-corrected chi connectivity index (χ1v) is 10.9. The Labute approximate surface area is 181 Å². The molecule has 158 valence electrons. The van der Waals surface area contributed by atoms with Gasteiger partial charge in [-0.15, -0.1) is 0 Å². The summed E-state index contributed by atoms with van der Waals surface area (Å²) in [6, 6.07) is 10.3. The van der Waals surface area contributed by atoms with E-state index in [0.29, 0.717) is 45.6 Å². The van der Waals surface area contributed by atoms with Crippen molar-refractivity contribution in [3.05, 3.63) is 63.4 Å². The van der Waals surface area contributed by atoms with Gasteiger partial charge in [-0.05, 0) is 82.0 Å². The number of fused-ring (bicyclic) bond motifs is 1. The molecule has 1 aliphatic rings. The third-order valence-corrected chi connectivity index (χ3v) is 6.34. The largest absolute Gasteiger partial charge is 0.301 e. The van der Waals surface area contributed by atoms with Crippen LogP contribution in [0.4, 0.5) is 4.39 Å². The molecular formula is C24H27ClFN3O. The van der Waals surface area contributed by atoms with Gasteiger partial charge in [0.25, 0.3) is 5.56 Å². The summed E-state index contributed by atoms with van der Waals surface area (Å²) < 4.78 is 16.1. The molecule has 0 aliphatic carbocycles. The lowest BCUT2D eigenvalue weighted by Crippen LogP contribution is -2.42. The predicted octanol–water partition coefficient (Wildman–Crippen LogP) is 5.28. The summed E-state index contributed by atoms with van der Waals surface area (Å²) in [7, 11) is 0. The average molecular weight is 428 g/mol. The number of hydrogen-bond donors (Lipinski definition) is 0. The molecule has 0 radical (unpaired) electrons. The van der Waals surface area contributed by atoms with Crippen LogP contribution in [0.5, 0.6) is 0 Å². The topological polar surface area (TPSA) is 38.1 Å². The van der Waals surface area contributed by atoms with E-state index in [4.69, 9.17) is 11.6 Å². The van der Waals surface area contributed by atoms with E-state index in [1.54, 1.807) is 28.8 Å². The van der Waals surface area contributed by atoms with Gasteiger partial charge < -0.3 is 4.90 Å². The number of hydrogen-bond acceptors (Lipinski definition) is 3. The summed E-state index contributed by atoms with van der Waals surface area (Å²) in [5.74, 6) is 0.774. The molecule has 0 N–H and O–H groups in total. The molecule has 4 rings (SSSR count). The van der Waals surface area contributed by atoms with Crippen molar-refractivity contribution in [2.45, 2.75) is 46.2 Å². The Hall–Kier alpha value is -2.24. The summed E-state index contributed by atoms with van der Waals surface area (Å²) in [5, 5.41) is 0.965. The van der Waals surface area contributed by atoms with Crippen molar-refractivity contribution in [1.29, 1.82) is 0 Å². The fourth-order valence-corrected chi connectivity index (χ4v) is 4.58. The van der Waals surface area contributed by atoms with Gasteiger partial charge in [-0.3, -0.25) is 9.36 Å². The maximum Gasteiger partial charge on any atom is 0.261 e. The summed E-state index contributed by atoms with van der Waals surface area (Å²) in [6.45, 7) is 9.09. The predicted molar refractivity (Wildman–Crippen MR) is 121 cm³/mol. The van der Waals surface area contributed by atoms with E-state index in [2.05, 4.69) is 23.7 Å². The molecule has 1 saturated heterocycles. The SMILES string of the molecule is Cc1nc2ccc(-c3cc(Cl)ccc3F)cc2c(=O)n1C[C@H]1CCCN(C(C)C)C1. The minimum Gasteiger partial charge on any atom is -0.301 e. The van der Waals surface area contributed by atoms with Crippen molar-refractivity contribution in [2.24, 2.45) is 5.92 Å². The minimum absolute atomic E-state index is 0.0662. The van der Waals surface area contributed by atoms with Gasteiger partial charge in [-0.25, -0.2) is 9.37 Å². The molecule has 0 spiro atoms. The molecule has 2 heterocycles. The zero-order valence-electron chi connectivity index (χ0n) is 17.7. The molecule has 0 unspecified atom stereocenters. The maximum atomic E-state index is 14.3. The normalized spacial score (nSPS) is 17.7. The fraction of sp³-hybridized carbons (Fsp3) is 0.417. The molecule has 1 aliphatic heterocycles. The molecule has 0 bridgehead atoms. The van der Waals surface area contributed by atoms with Gasteiger partial charge >= 0.3 is 0 Å². The molecular weight excluding hydrogens is 401 g/mol. The Morgan fingerprint density at radius 3 is 2.80 bits per heavy atom. The second-order valence-corrected chi connectivity index (χ2v) is 8.96. The second-order valence-electron chi connectivity index (χ2n) is 8.53. The Morgan fingerprint density at radius 2 is 2.03 bits per heavy atom. The first kappa shape index (κ1) is 21.0. The van der Waals surface area contributed by atoms with Gasteiger partial charge in [0.2, 0.25) is 0 Å². The van der Waals surface area contributed by atoms with Crippen LogP contribution >= 0.6 is 11.6 Å². The molecule has 1 aromatic heterocycles. The molecule has 1 fully saturated rings. The third-order valence-electron chi connectivity index (χ3n) is 6.11. The first-order valence-electron chi connectivity index (χ1n) is 10.5. The van der Waals surface area contributed by atoms with Crippen molar-refractivity contribution in [1.82, 2.24) is 14.5 Å². The van der Waals surface area contributed by atoms with E-state index in [0.717, 1.165) is 31.8 Å². The monoisotopic (exact) mass is 427 g/mol. The Bertz CT molecular complexity index is 1140. The zero-order chi connectivity index (χ0) is 21.4. The standard InChI is InChI=1S/C24H27ClFN3O/c1-15(2)28-10-4-5-17(13-28)14-29-16(3)27-23-9-6-18(11-21(23)24(29)30)20-12-19(25)7-8-22(20)26/h6-9,11-12,15,17H,4-5,10,13-14H2,1-3H3/t17-/m0/s1. The molecule has 1 atom stereocenters. The molecule has 0 saturated carbocycles. The summed E-state index contributed by atoms with van der Waals surface area (Å²) >= 11 is 6.06. The number of nitrogens with zero attached hydrogens (tertiary/aromatic N) is 3. The van der Waals surface area contributed by atoms with E-state index < -0.39 is 0 Å². The number of piperidine rings is 1. The van der Waals surface area contributed by atoms with Crippen LogP contribution < -0.4 is 5.56 Å². The molecule has 0 amide bonds. The highest BCUT2D eigenvalue weighted by Crippen LogP contribution is 2.28. The van der Waals surface area contributed by atoms with Crippen LogP contribution in [-0.4, -0.2) is 33.6 Å². The van der Waals surface area contributed by atoms with Crippen LogP contribution in [0, 0.1) is 18.7 Å². The summed E-state index contributed by atoms with van der Waals surface area (Å²) in [6.07, 6.45) is 2.26. The van der Waals surface area contributed by atoms with Crippen LogP contribution in [0.3, 0.4) is 0 Å². The van der Waals surface area contributed by atoms with Crippen molar-refractivity contribution >= 4 is 22.5 Å². The van der Waals surface area contributed by atoms with Gasteiger partial charge in [0.1, 0.15) is 11.6 Å². The quantitative estimate of drug-likeness (QED) is 0.568. The van der Waals surface area contributed by atoms with Crippen LogP contribution in [-0.2, 0) is 6.54 Å². The maximum absolute atomic E-state index is 14.3. The van der Waals surface area contributed by atoms with Crippen LogP contribution in [0.2, 0.25) is 5.02 Å². The summed E-state index contributed by atoms with van der Waals surface area (Å²) in [4.78, 5) is 20.5. The lowest BCUT2D eigenvalue weighted by molar-refractivity contribution is 0.129. The molecule has 30 heavy (non-hydrogen) atoms. The van der Waals surface area contributed by atoms with Crippen molar-refractivity contribution < 1.29 is 4.39 Å². The third kappa shape index (κ3) is 4.14. The van der Waals surface area contributed by atoms with Gasteiger partial charge in [-0.2, -0.15) is 0 Å². The highest BCUT2D eigenvalue weighted by Gasteiger charge is 2.23. The lowest BCUT2D eigenvalue weighted by Gasteiger charge is -2.35. The van der Waals surface area contributed by atoms with E-state index in [9.17, 15) is 9.18 Å². The van der Waals surface area contributed by atoms with E-state index in [1.807, 2.05) is 6.92 Å². The van der Waals surface area contributed by atoms with Crippen molar-refractivity contribution in [2.75, 3.05) is 13.1 Å². The van der Waals surface area contributed by atoms with E-state index >= 15 is 0 Å². The number of benzene rings is 2. The highest BCUT2D eigenvalue weighted by atomic mass is 35.5. The van der Waals surface area contributed by atoms with Gasteiger partial charge in [0.15, 0.2) is 0 Å². The molecule has 4 nitrogen and oxygen atoms in total. The smallest absolute Gasteiger partial charge is 0.261 e.